The predicted octanol–water partition coefficient (Wildman–Crippen LogP) is 1.16. The lowest BCUT2D eigenvalue weighted by Gasteiger charge is -2.11. The van der Waals surface area contributed by atoms with E-state index in [0.717, 1.165) is 6.07 Å². The molecule has 0 unspecified atom stereocenters. The third-order valence-corrected chi connectivity index (χ3v) is 2.02. The van der Waals surface area contributed by atoms with Gasteiger partial charge in [-0.15, -0.1) is 0 Å². The zero-order valence-electron chi connectivity index (χ0n) is 9.83. The number of carboxylic acids is 1. The Hall–Kier alpha value is -2.02. The maximum atomic E-state index is 13.3. The normalized spacial score (nSPS) is 10.5. The van der Waals surface area contributed by atoms with Gasteiger partial charge in [-0.05, 0) is 20.2 Å². The fourth-order valence-corrected chi connectivity index (χ4v) is 1.29. The number of benzene rings is 1. The highest BCUT2D eigenvalue weighted by Crippen LogP contribution is 2.19. The number of hydrogen-bond acceptors (Lipinski definition) is 3. The van der Waals surface area contributed by atoms with Crippen molar-refractivity contribution in [3.63, 3.8) is 0 Å². The van der Waals surface area contributed by atoms with E-state index in [2.05, 4.69) is 5.32 Å². The van der Waals surface area contributed by atoms with Crippen LogP contribution in [0.15, 0.2) is 12.1 Å². The minimum Gasteiger partial charge on any atom is -0.478 e. The summed E-state index contributed by atoms with van der Waals surface area (Å²) in [6.07, 6.45) is 0. The molecular weight excluding hydrogens is 246 g/mol. The molecule has 7 heteroatoms. The molecule has 5 nitrogen and oxygen atoms in total. The van der Waals surface area contributed by atoms with Crippen LogP contribution in [0.1, 0.15) is 10.4 Å². The van der Waals surface area contributed by atoms with Gasteiger partial charge in [-0.3, -0.25) is 4.79 Å². The smallest absolute Gasteiger partial charge is 0.338 e. The third-order valence-electron chi connectivity index (χ3n) is 2.02. The fourth-order valence-electron chi connectivity index (χ4n) is 1.29. The maximum Gasteiger partial charge on any atom is 0.338 e. The minimum absolute atomic E-state index is 0.000773. The van der Waals surface area contributed by atoms with Crippen molar-refractivity contribution in [3.05, 3.63) is 29.3 Å². The number of nitrogens with zero attached hydrogens (tertiary/aromatic N) is 1. The molecule has 0 saturated carbocycles. The molecule has 0 aliphatic heterocycles. The van der Waals surface area contributed by atoms with Crippen LogP contribution in [0.2, 0.25) is 0 Å². The van der Waals surface area contributed by atoms with Crippen molar-refractivity contribution in [2.24, 2.45) is 0 Å². The van der Waals surface area contributed by atoms with E-state index in [4.69, 9.17) is 5.11 Å². The van der Waals surface area contributed by atoms with Crippen LogP contribution in [0.25, 0.3) is 0 Å². The Morgan fingerprint density at radius 3 is 2.39 bits per heavy atom. The molecule has 2 N–H and O–H groups in total. The molecule has 0 atom stereocenters. The highest BCUT2D eigenvalue weighted by Gasteiger charge is 2.16. The summed E-state index contributed by atoms with van der Waals surface area (Å²) in [6, 6.07) is 1.18. The molecule has 0 radical (unpaired) electrons. The fraction of sp³-hybridized carbons (Fsp3) is 0.273. The van der Waals surface area contributed by atoms with Gasteiger partial charge in [-0.2, -0.15) is 0 Å². The molecule has 0 fully saturated rings. The Morgan fingerprint density at radius 1 is 1.28 bits per heavy atom. The number of aromatic carboxylic acids is 1. The number of likely N-dealkylation sites (N-methyl/N-ethyl adjacent to an activating group) is 1. The van der Waals surface area contributed by atoms with E-state index in [1.54, 1.807) is 19.0 Å². The van der Waals surface area contributed by atoms with Crippen LogP contribution in [0.5, 0.6) is 0 Å². The van der Waals surface area contributed by atoms with Gasteiger partial charge in [0, 0.05) is 6.07 Å². The highest BCUT2D eigenvalue weighted by molar-refractivity contribution is 5.95. The standard InChI is InChI=1S/C11H12F2N2O3/c1-15(2)5-10(16)14-9-3-6(11(17)18)7(12)4-8(9)13/h3-4H,5H2,1-2H3,(H,14,16)(H,17,18). The molecule has 18 heavy (non-hydrogen) atoms. The number of hydrogen-bond donors (Lipinski definition) is 2. The predicted molar refractivity (Wildman–Crippen MR) is 60.5 cm³/mol. The lowest BCUT2D eigenvalue weighted by Crippen LogP contribution is -2.27. The van der Waals surface area contributed by atoms with Crippen LogP contribution in [0, 0.1) is 11.6 Å². The first-order valence-corrected chi connectivity index (χ1v) is 4.98. The SMILES string of the molecule is CN(C)CC(=O)Nc1cc(C(=O)O)c(F)cc1F. The van der Waals surface area contributed by atoms with Gasteiger partial charge in [-0.1, -0.05) is 0 Å². The van der Waals surface area contributed by atoms with Crippen LogP contribution >= 0.6 is 0 Å². The second-order valence-corrected chi connectivity index (χ2v) is 3.90. The van der Waals surface area contributed by atoms with E-state index in [1.165, 1.54) is 0 Å². The van der Waals surface area contributed by atoms with Crippen molar-refractivity contribution in [2.75, 3.05) is 26.0 Å². The van der Waals surface area contributed by atoms with Crippen LogP contribution in [0.4, 0.5) is 14.5 Å². The summed E-state index contributed by atoms with van der Waals surface area (Å²) in [5.74, 6) is -4.27. The first-order valence-electron chi connectivity index (χ1n) is 4.98. The largest absolute Gasteiger partial charge is 0.478 e. The van der Waals surface area contributed by atoms with E-state index in [-0.39, 0.29) is 12.2 Å². The summed E-state index contributed by atoms with van der Waals surface area (Å²) in [5, 5.41) is 10.9. The Balaban J connectivity index is 2.99. The van der Waals surface area contributed by atoms with Gasteiger partial charge in [0.15, 0.2) is 0 Å². The minimum atomic E-state index is -1.53. The molecule has 0 spiro atoms. The quantitative estimate of drug-likeness (QED) is 0.850. The molecule has 0 bridgehead atoms. The lowest BCUT2D eigenvalue weighted by atomic mass is 10.2. The molecule has 1 amide bonds. The summed E-state index contributed by atoms with van der Waals surface area (Å²) in [6.45, 7) is -0.000773. The van der Waals surface area contributed by atoms with Gasteiger partial charge in [0.1, 0.15) is 11.6 Å². The maximum absolute atomic E-state index is 13.3. The number of amides is 1. The average molecular weight is 258 g/mol. The summed E-state index contributed by atoms with van der Waals surface area (Å²) >= 11 is 0. The van der Waals surface area contributed by atoms with E-state index < -0.39 is 29.1 Å². The van der Waals surface area contributed by atoms with Crippen molar-refractivity contribution in [2.45, 2.75) is 0 Å². The lowest BCUT2D eigenvalue weighted by molar-refractivity contribution is -0.116. The van der Waals surface area contributed by atoms with E-state index >= 15 is 0 Å². The Kier molecular flexibility index (Phi) is 4.33. The molecule has 98 valence electrons. The Morgan fingerprint density at radius 2 is 1.89 bits per heavy atom. The van der Waals surface area contributed by atoms with E-state index in [1.807, 2.05) is 0 Å². The van der Waals surface area contributed by atoms with Crippen molar-refractivity contribution in [3.8, 4) is 0 Å². The Labute approximate surface area is 102 Å². The molecule has 1 aromatic carbocycles. The number of anilines is 1. The third kappa shape index (κ3) is 3.49. The number of halogens is 2. The van der Waals surface area contributed by atoms with Crippen molar-refractivity contribution >= 4 is 17.6 Å². The number of carbonyl (C=O) groups excluding carboxylic acids is 1. The molecule has 1 rings (SSSR count). The second kappa shape index (κ2) is 5.54. The Bertz CT molecular complexity index is 489. The van der Waals surface area contributed by atoms with Crippen molar-refractivity contribution in [1.29, 1.82) is 0 Å². The first-order chi connectivity index (χ1) is 8.31. The van der Waals surface area contributed by atoms with Crippen molar-refractivity contribution in [1.82, 2.24) is 4.90 Å². The molecular formula is C11H12F2N2O3. The topological polar surface area (TPSA) is 69.6 Å². The van der Waals surface area contributed by atoms with Crippen molar-refractivity contribution < 1.29 is 23.5 Å². The molecule has 0 saturated heterocycles. The van der Waals surface area contributed by atoms with Crippen LogP contribution in [-0.2, 0) is 4.79 Å². The summed E-state index contributed by atoms with van der Waals surface area (Å²) in [5.41, 5.74) is -1.06. The summed E-state index contributed by atoms with van der Waals surface area (Å²) in [7, 11) is 3.28. The van der Waals surface area contributed by atoms with Crippen LogP contribution in [0.3, 0.4) is 0 Å². The van der Waals surface area contributed by atoms with E-state index in [9.17, 15) is 18.4 Å². The van der Waals surface area contributed by atoms with Crippen LogP contribution < -0.4 is 5.32 Å². The second-order valence-electron chi connectivity index (χ2n) is 3.90. The van der Waals surface area contributed by atoms with Gasteiger partial charge < -0.3 is 15.3 Å². The summed E-state index contributed by atoms with van der Waals surface area (Å²) in [4.78, 5) is 23.6. The van der Waals surface area contributed by atoms with Gasteiger partial charge >= 0.3 is 5.97 Å². The molecule has 0 aliphatic rings. The molecule has 1 aromatic rings. The summed E-state index contributed by atoms with van der Waals surface area (Å²) < 4.78 is 26.4. The van der Waals surface area contributed by atoms with Gasteiger partial charge in [-0.25, -0.2) is 13.6 Å². The van der Waals surface area contributed by atoms with E-state index in [0.29, 0.717) is 6.07 Å². The molecule has 0 heterocycles. The monoisotopic (exact) mass is 258 g/mol. The first kappa shape index (κ1) is 14.0. The van der Waals surface area contributed by atoms with Gasteiger partial charge in [0.25, 0.3) is 0 Å². The number of carbonyl (C=O) groups is 2. The number of nitrogens with one attached hydrogen (secondary N) is 1. The van der Waals surface area contributed by atoms with Gasteiger partial charge in [0.2, 0.25) is 5.91 Å². The number of rotatable bonds is 4. The zero-order valence-corrected chi connectivity index (χ0v) is 9.83. The van der Waals surface area contributed by atoms with Gasteiger partial charge in [0.05, 0.1) is 17.8 Å². The number of carboxylic acid groups (broad SMARTS) is 1. The highest BCUT2D eigenvalue weighted by atomic mass is 19.1. The van der Waals surface area contributed by atoms with Crippen LogP contribution in [-0.4, -0.2) is 42.5 Å². The molecule has 0 aromatic heterocycles. The molecule has 0 aliphatic carbocycles. The average Bonchev–Trinajstić information content (AvgIpc) is 2.20. The zero-order chi connectivity index (χ0) is 13.9.